The first-order valence-corrected chi connectivity index (χ1v) is 6.34. The molecule has 0 fully saturated rings. The highest BCUT2D eigenvalue weighted by Gasteiger charge is 2.09. The molecule has 110 valence electrons. The minimum Gasteiger partial charge on any atom is -0.484 e. The van der Waals surface area contributed by atoms with Crippen molar-refractivity contribution in [2.75, 3.05) is 26.9 Å². The highest BCUT2D eigenvalue weighted by molar-refractivity contribution is 5.85. The van der Waals surface area contributed by atoms with Crippen LogP contribution in [0.3, 0.4) is 0 Å². The molecule has 0 aliphatic rings. The number of benzene rings is 1. The van der Waals surface area contributed by atoms with E-state index in [-0.39, 0.29) is 31.0 Å². The average molecular weight is 280 g/mol. The molecular weight excluding hydrogens is 260 g/mol. The van der Waals surface area contributed by atoms with E-state index in [1.807, 2.05) is 25.1 Å². The number of rotatable bonds is 8. The van der Waals surface area contributed by atoms with Gasteiger partial charge in [0.15, 0.2) is 6.61 Å². The Kier molecular flexibility index (Phi) is 7.13. The number of nitrogens with one attached hydrogen (secondary N) is 2. The number of amides is 2. The number of para-hydroxylation sites is 1. The van der Waals surface area contributed by atoms with Crippen molar-refractivity contribution < 1.29 is 19.1 Å². The smallest absolute Gasteiger partial charge is 0.258 e. The van der Waals surface area contributed by atoms with Gasteiger partial charge < -0.3 is 20.1 Å². The second-order valence-electron chi connectivity index (χ2n) is 4.30. The molecule has 0 bridgehead atoms. The maximum absolute atomic E-state index is 11.5. The van der Waals surface area contributed by atoms with E-state index in [9.17, 15) is 9.59 Å². The van der Waals surface area contributed by atoms with Gasteiger partial charge in [-0.25, -0.2) is 0 Å². The molecule has 20 heavy (non-hydrogen) atoms. The lowest BCUT2D eigenvalue weighted by molar-refractivity contribution is -0.127. The Morgan fingerprint density at radius 3 is 2.55 bits per heavy atom. The molecule has 1 rings (SSSR count). The normalized spacial score (nSPS) is 11.5. The molecule has 1 unspecified atom stereocenters. The minimum absolute atomic E-state index is 0.0783. The molecule has 0 aliphatic heterocycles. The van der Waals surface area contributed by atoms with Crippen molar-refractivity contribution in [3.63, 3.8) is 0 Å². The predicted octanol–water partition coefficient (Wildman–Crippen LogP) is 0.333. The number of methoxy groups -OCH3 is 1. The first-order chi connectivity index (χ1) is 9.61. The molecule has 0 saturated carbocycles. The van der Waals surface area contributed by atoms with E-state index < -0.39 is 0 Å². The van der Waals surface area contributed by atoms with Gasteiger partial charge in [-0.05, 0) is 19.1 Å². The van der Waals surface area contributed by atoms with Crippen molar-refractivity contribution in [1.82, 2.24) is 10.6 Å². The van der Waals surface area contributed by atoms with Crippen LogP contribution in [0.5, 0.6) is 5.75 Å². The summed E-state index contributed by atoms with van der Waals surface area (Å²) in [4.78, 5) is 23.0. The Morgan fingerprint density at radius 2 is 1.90 bits per heavy atom. The number of carbonyl (C=O) groups excluding carboxylic acids is 2. The zero-order chi connectivity index (χ0) is 14.8. The minimum atomic E-state index is -0.344. The lowest BCUT2D eigenvalue weighted by atomic mass is 10.3. The van der Waals surface area contributed by atoms with E-state index in [0.29, 0.717) is 12.4 Å². The Balaban J connectivity index is 2.18. The maximum Gasteiger partial charge on any atom is 0.258 e. The van der Waals surface area contributed by atoms with Gasteiger partial charge in [-0.3, -0.25) is 9.59 Å². The fourth-order valence-electron chi connectivity index (χ4n) is 1.51. The lowest BCUT2D eigenvalue weighted by Crippen LogP contribution is -2.43. The van der Waals surface area contributed by atoms with Crippen LogP contribution in [0.25, 0.3) is 0 Å². The molecule has 2 N–H and O–H groups in total. The summed E-state index contributed by atoms with van der Waals surface area (Å²) in [7, 11) is 1.56. The van der Waals surface area contributed by atoms with Crippen LogP contribution in [0.15, 0.2) is 30.3 Å². The average Bonchev–Trinajstić information content (AvgIpc) is 2.44. The largest absolute Gasteiger partial charge is 0.484 e. The van der Waals surface area contributed by atoms with Gasteiger partial charge in [0.05, 0.1) is 13.2 Å². The van der Waals surface area contributed by atoms with Crippen LogP contribution in [-0.2, 0) is 14.3 Å². The first-order valence-electron chi connectivity index (χ1n) is 6.34. The summed E-state index contributed by atoms with van der Waals surface area (Å²) in [5, 5.41) is 5.17. The van der Waals surface area contributed by atoms with E-state index in [0.717, 1.165) is 0 Å². The van der Waals surface area contributed by atoms with Crippen LogP contribution >= 0.6 is 0 Å². The van der Waals surface area contributed by atoms with Gasteiger partial charge in [-0.15, -0.1) is 0 Å². The van der Waals surface area contributed by atoms with Gasteiger partial charge in [0.2, 0.25) is 5.91 Å². The van der Waals surface area contributed by atoms with Crippen molar-refractivity contribution in [2.45, 2.75) is 13.0 Å². The highest BCUT2D eigenvalue weighted by Crippen LogP contribution is 2.07. The summed E-state index contributed by atoms with van der Waals surface area (Å²) < 4.78 is 10.2. The standard InChI is InChI=1S/C14H20N2O4/c1-11(9-19-2)16-13(17)8-15-14(18)10-20-12-6-4-3-5-7-12/h3-7,11H,8-10H2,1-2H3,(H,15,18)(H,16,17). The van der Waals surface area contributed by atoms with E-state index in [1.54, 1.807) is 19.2 Å². The summed E-state index contributed by atoms with van der Waals surface area (Å²) >= 11 is 0. The first kappa shape index (κ1) is 16.0. The molecule has 0 radical (unpaired) electrons. The number of carbonyl (C=O) groups is 2. The molecule has 1 aromatic carbocycles. The molecular formula is C14H20N2O4. The lowest BCUT2D eigenvalue weighted by Gasteiger charge is -2.13. The zero-order valence-corrected chi connectivity index (χ0v) is 11.7. The van der Waals surface area contributed by atoms with E-state index in [1.165, 1.54) is 0 Å². The Hall–Kier alpha value is -2.08. The summed E-state index contributed by atoms with van der Waals surface area (Å²) in [5.74, 6) is 0.00632. The summed E-state index contributed by atoms with van der Waals surface area (Å²) in [6, 6.07) is 8.91. The molecule has 0 aliphatic carbocycles. The summed E-state index contributed by atoms with van der Waals surface area (Å²) in [6.07, 6.45) is 0. The Labute approximate surface area is 118 Å². The number of ether oxygens (including phenoxy) is 2. The van der Waals surface area contributed by atoms with Crippen molar-refractivity contribution in [1.29, 1.82) is 0 Å². The second-order valence-corrected chi connectivity index (χ2v) is 4.30. The van der Waals surface area contributed by atoms with Crippen LogP contribution < -0.4 is 15.4 Å². The molecule has 2 amide bonds. The van der Waals surface area contributed by atoms with Gasteiger partial charge >= 0.3 is 0 Å². The molecule has 0 aromatic heterocycles. The van der Waals surface area contributed by atoms with E-state index in [2.05, 4.69) is 10.6 Å². The quantitative estimate of drug-likeness (QED) is 0.719. The van der Waals surface area contributed by atoms with Gasteiger partial charge in [0.25, 0.3) is 5.91 Å². The van der Waals surface area contributed by atoms with Crippen LogP contribution in [-0.4, -0.2) is 44.7 Å². The fraction of sp³-hybridized carbons (Fsp3) is 0.429. The molecule has 1 aromatic rings. The van der Waals surface area contributed by atoms with Gasteiger partial charge in [0, 0.05) is 13.2 Å². The SMILES string of the molecule is COCC(C)NC(=O)CNC(=O)COc1ccccc1. The van der Waals surface area contributed by atoms with Crippen LogP contribution in [0.1, 0.15) is 6.92 Å². The fourth-order valence-corrected chi connectivity index (χ4v) is 1.51. The molecule has 1 atom stereocenters. The molecule has 6 heteroatoms. The van der Waals surface area contributed by atoms with Crippen LogP contribution in [0.4, 0.5) is 0 Å². The number of hydrogen-bond acceptors (Lipinski definition) is 4. The predicted molar refractivity (Wildman–Crippen MR) is 74.4 cm³/mol. The molecule has 0 heterocycles. The topological polar surface area (TPSA) is 76.7 Å². The van der Waals surface area contributed by atoms with E-state index >= 15 is 0 Å². The monoisotopic (exact) mass is 280 g/mol. The highest BCUT2D eigenvalue weighted by atomic mass is 16.5. The molecule has 0 spiro atoms. The Morgan fingerprint density at radius 1 is 1.20 bits per heavy atom. The third kappa shape index (κ3) is 6.75. The second kappa shape index (κ2) is 8.92. The zero-order valence-electron chi connectivity index (χ0n) is 11.7. The van der Waals surface area contributed by atoms with Crippen molar-refractivity contribution in [2.24, 2.45) is 0 Å². The van der Waals surface area contributed by atoms with Gasteiger partial charge in [-0.2, -0.15) is 0 Å². The van der Waals surface area contributed by atoms with Crippen molar-refractivity contribution >= 4 is 11.8 Å². The summed E-state index contributed by atoms with van der Waals surface area (Å²) in [5.41, 5.74) is 0. The number of hydrogen-bond donors (Lipinski definition) is 2. The molecule has 0 saturated heterocycles. The summed E-state index contributed by atoms with van der Waals surface area (Å²) in [6.45, 7) is 2.05. The van der Waals surface area contributed by atoms with Crippen LogP contribution in [0, 0.1) is 0 Å². The Bertz CT molecular complexity index is 422. The van der Waals surface area contributed by atoms with Crippen molar-refractivity contribution in [3.05, 3.63) is 30.3 Å². The third-order valence-electron chi connectivity index (χ3n) is 2.38. The van der Waals surface area contributed by atoms with E-state index in [4.69, 9.17) is 9.47 Å². The maximum atomic E-state index is 11.5. The van der Waals surface area contributed by atoms with Gasteiger partial charge in [0.1, 0.15) is 5.75 Å². The van der Waals surface area contributed by atoms with Gasteiger partial charge in [-0.1, -0.05) is 18.2 Å². The van der Waals surface area contributed by atoms with Crippen LogP contribution in [0.2, 0.25) is 0 Å². The third-order valence-corrected chi connectivity index (χ3v) is 2.38. The molecule has 6 nitrogen and oxygen atoms in total. The van der Waals surface area contributed by atoms with Crippen molar-refractivity contribution in [3.8, 4) is 5.75 Å².